The van der Waals surface area contributed by atoms with Crippen LogP contribution in [-0.4, -0.2) is 61.5 Å². The van der Waals surface area contributed by atoms with E-state index in [4.69, 9.17) is 9.26 Å². The number of nitrogens with zero attached hydrogens (tertiary/aromatic N) is 3. The number of rotatable bonds is 8. The van der Waals surface area contributed by atoms with E-state index in [-0.39, 0.29) is 17.3 Å². The number of sulfonamides is 1. The molecule has 3 rings (SSSR count). The molecule has 1 fully saturated rings. The number of benzene rings is 1. The van der Waals surface area contributed by atoms with Gasteiger partial charge in [-0.15, -0.1) is 0 Å². The van der Waals surface area contributed by atoms with Gasteiger partial charge in [-0.05, 0) is 57.7 Å². The van der Waals surface area contributed by atoms with E-state index in [9.17, 15) is 13.2 Å². The van der Waals surface area contributed by atoms with Crippen molar-refractivity contribution in [3.8, 4) is 5.75 Å². The first-order valence-corrected chi connectivity index (χ1v) is 12.1. The minimum absolute atomic E-state index is 0.0622. The fourth-order valence-corrected chi connectivity index (χ4v) is 5.55. The van der Waals surface area contributed by atoms with E-state index in [0.717, 1.165) is 24.2 Å². The Bertz CT molecular complexity index is 983. The number of unbranched alkanes of at least 4 members (excludes halogenated alkanes) is 1. The number of hydrogen-bond donors (Lipinski definition) is 0. The molecule has 2 heterocycles. The SMILES string of the molecule is Cc1cccc(OCCCCC(=O)N2CCCN(S(=O)(=O)c3c(C)noc3C)CC2)c1. The second kappa shape index (κ2) is 10.3. The van der Waals surface area contributed by atoms with E-state index in [1.165, 1.54) is 4.31 Å². The first-order chi connectivity index (χ1) is 14.8. The molecular formula is C22H31N3O5S. The van der Waals surface area contributed by atoms with Gasteiger partial charge in [-0.2, -0.15) is 4.31 Å². The van der Waals surface area contributed by atoms with E-state index in [1.807, 2.05) is 31.2 Å². The summed E-state index contributed by atoms with van der Waals surface area (Å²) in [5.41, 5.74) is 1.52. The quantitative estimate of drug-likeness (QED) is 0.575. The molecule has 1 aliphatic heterocycles. The van der Waals surface area contributed by atoms with Crippen LogP contribution in [0.25, 0.3) is 0 Å². The highest BCUT2D eigenvalue weighted by Crippen LogP contribution is 2.24. The molecule has 1 aromatic carbocycles. The van der Waals surface area contributed by atoms with Gasteiger partial charge in [0.05, 0.1) is 6.61 Å². The number of aryl methyl sites for hydroxylation is 3. The van der Waals surface area contributed by atoms with Gasteiger partial charge in [0, 0.05) is 32.6 Å². The Kier molecular flexibility index (Phi) is 7.72. The summed E-state index contributed by atoms with van der Waals surface area (Å²) in [6.45, 7) is 7.42. The summed E-state index contributed by atoms with van der Waals surface area (Å²) in [6.07, 6.45) is 2.57. The molecule has 1 saturated heterocycles. The van der Waals surface area contributed by atoms with Gasteiger partial charge in [0.1, 0.15) is 16.3 Å². The molecule has 0 bridgehead atoms. The second-order valence-electron chi connectivity index (χ2n) is 7.91. The average molecular weight is 450 g/mol. The molecule has 0 aliphatic carbocycles. The van der Waals surface area contributed by atoms with Crippen molar-refractivity contribution in [2.24, 2.45) is 0 Å². The molecule has 0 radical (unpaired) electrons. The van der Waals surface area contributed by atoms with Crippen LogP contribution in [0.4, 0.5) is 0 Å². The molecule has 1 aromatic heterocycles. The van der Waals surface area contributed by atoms with Crippen LogP contribution in [0, 0.1) is 20.8 Å². The van der Waals surface area contributed by atoms with Crippen molar-refractivity contribution in [1.29, 1.82) is 0 Å². The van der Waals surface area contributed by atoms with Crippen molar-refractivity contribution in [2.45, 2.75) is 51.3 Å². The zero-order valence-corrected chi connectivity index (χ0v) is 19.3. The van der Waals surface area contributed by atoms with Gasteiger partial charge in [-0.25, -0.2) is 8.42 Å². The maximum Gasteiger partial charge on any atom is 0.248 e. The van der Waals surface area contributed by atoms with Crippen molar-refractivity contribution in [2.75, 3.05) is 32.8 Å². The Labute approximate surface area is 184 Å². The van der Waals surface area contributed by atoms with E-state index in [1.54, 1.807) is 18.7 Å². The Morgan fingerprint density at radius 3 is 2.65 bits per heavy atom. The third-order valence-corrected chi connectivity index (χ3v) is 7.56. The highest BCUT2D eigenvalue weighted by atomic mass is 32.2. The number of aromatic nitrogens is 1. The fourth-order valence-electron chi connectivity index (χ4n) is 3.79. The van der Waals surface area contributed by atoms with Gasteiger partial charge in [-0.3, -0.25) is 4.79 Å². The molecule has 0 atom stereocenters. The van der Waals surface area contributed by atoms with Crippen LogP contribution in [0.5, 0.6) is 5.75 Å². The highest BCUT2D eigenvalue weighted by Gasteiger charge is 2.32. The molecule has 170 valence electrons. The van der Waals surface area contributed by atoms with E-state index in [0.29, 0.717) is 50.5 Å². The smallest absolute Gasteiger partial charge is 0.248 e. The minimum Gasteiger partial charge on any atom is -0.494 e. The molecule has 9 heteroatoms. The lowest BCUT2D eigenvalue weighted by Crippen LogP contribution is -2.37. The summed E-state index contributed by atoms with van der Waals surface area (Å²) in [6, 6.07) is 7.90. The monoisotopic (exact) mass is 449 g/mol. The third-order valence-electron chi connectivity index (χ3n) is 5.42. The zero-order valence-electron chi connectivity index (χ0n) is 18.5. The standard InChI is InChI=1S/C22H31N3O5S/c1-17-8-6-9-20(16-17)29-15-5-4-10-21(26)24-11-7-12-25(14-13-24)31(27,28)22-18(2)23-30-19(22)3/h6,8-9,16H,4-5,7,10-15H2,1-3H3. The largest absolute Gasteiger partial charge is 0.494 e. The molecule has 0 N–H and O–H groups in total. The van der Waals surface area contributed by atoms with Crippen LogP contribution in [0.3, 0.4) is 0 Å². The lowest BCUT2D eigenvalue weighted by Gasteiger charge is -2.22. The van der Waals surface area contributed by atoms with Gasteiger partial charge >= 0.3 is 0 Å². The summed E-state index contributed by atoms with van der Waals surface area (Å²) >= 11 is 0. The van der Waals surface area contributed by atoms with Crippen LogP contribution >= 0.6 is 0 Å². The predicted molar refractivity (Wildman–Crippen MR) is 116 cm³/mol. The van der Waals surface area contributed by atoms with Crippen LogP contribution in [0.2, 0.25) is 0 Å². The molecule has 1 aliphatic rings. The van der Waals surface area contributed by atoms with Crippen LogP contribution < -0.4 is 4.74 Å². The maximum atomic E-state index is 13.0. The molecule has 0 unspecified atom stereocenters. The first-order valence-electron chi connectivity index (χ1n) is 10.7. The molecule has 1 amide bonds. The Hall–Kier alpha value is -2.39. The second-order valence-corrected chi connectivity index (χ2v) is 9.79. The lowest BCUT2D eigenvalue weighted by molar-refractivity contribution is -0.131. The average Bonchev–Trinajstić information content (AvgIpc) is 2.92. The fraction of sp³-hybridized carbons (Fsp3) is 0.545. The summed E-state index contributed by atoms with van der Waals surface area (Å²) in [5.74, 6) is 1.20. The number of amides is 1. The normalized spacial score (nSPS) is 15.6. The Morgan fingerprint density at radius 1 is 1.13 bits per heavy atom. The molecule has 0 spiro atoms. The highest BCUT2D eigenvalue weighted by molar-refractivity contribution is 7.89. The summed E-state index contributed by atoms with van der Waals surface area (Å²) in [4.78, 5) is 14.5. The number of hydrogen-bond acceptors (Lipinski definition) is 6. The van der Waals surface area contributed by atoms with Crippen LogP contribution in [-0.2, 0) is 14.8 Å². The van der Waals surface area contributed by atoms with Crippen molar-refractivity contribution in [3.05, 3.63) is 41.3 Å². The molecule has 8 nitrogen and oxygen atoms in total. The molecule has 0 saturated carbocycles. The summed E-state index contributed by atoms with van der Waals surface area (Å²) < 4.78 is 38.2. The Morgan fingerprint density at radius 2 is 1.94 bits per heavy atom. The molecule has 2 aromatic rings. The van der Waals surface area contributed by atoms with Crippen molar-refractivity contribution in [3.63, 3.8) is 0 Å². The zero-order chi connectivity index (χ0) is 22.4. The van der Waals surface area contributed by atoms with E-state index >= 15 is 0 Å². The van der Waals surface area contributed by atoms with Crippen molar-refractivity contribution >= 4 is 15.9 Å². The Balaban J connectivity index is 1.45. The van der Waals surface area contributed by atoms with E-state index < -0.39 is 10.0 Å². The van der Waals surface area contributed by atoms with Crippen LogP contribution in [0.1, 0.15) is 42.7 Å². The predicted octanol–water partition coefficient (Wildman–Crippen LogP) is 3.07. The molecular weight excluding hydrogens is 418 g/mol. The summed E-state index contributed by atoms with van der Waals surface area (Å²) in [7, 11) is -3.68. The maximum absolute atomic E-state index is 13.0. The van der Waals surface area contributed by atoms with Gasteiger partial charge in [0.2, 0.25) is 15.9 Å². The van der Waals surface area contributed by atoms with Crippen LogP contribution in [0.15, 0.2) is 33.7 Å². The van der Waals surface area contributed by atoms with Gasteiger partial charge in [-0.1, -0.05) is 17.3 Å². The number of carbonyl (C=O) groups is 1. The van der Waals surface area contributed by atoms with Crippen molar-refractivity contribution < 1.29 is 22.5 Å². The van der Waals surface area contributed by atoms with E-state index in [2.05, 4.69) is 5.16 Å². The number of carbonyl (C=O) groups excluding carboxylic acids is 1. The van der Waals surface area contributed by atoms with Gasteiger partial charge in [0.15, 0.2) is 5.76 Å². The lowest BCUT2D eigenvalue weighted by atomic mass is 10.2. The first kappa shape index (κ1) is 23.3. The summed E-state index contributed by atoms with van der Waals surface area (Å²) in [5, 5.41) is 3.76. The van der Waals surface area contributed by atoms with Gasteiger partial charge < -0.3 is 14.2 Å². The topological polar surface area (TPSA) is 93.0 Å². The molecule has 31 heavy (non-hydrogen) atoms. The third kappa shape index (κ3) is 5.86. The minimum atomic E-state index is -3.68. The van der Waals surface area contributed by atoms with Gasteiger partial charge in [0.25, 0.3) is 0 Å². The van der Waals surface area contributed by atoms with Crippen molar-refractivity contribution in [1.82, 2.24) is 14.4 Å². The number of ether oxygens (including phenoxy) is 1.